The molecular weight excluding hydrogens is 605 g/mol. The molecule has 0 aliphatic carbocycles. The average Bonchev–Trinajstić information content (AvgIpc) is 3.22. The summed E-state index contributed by atoms with van der Waals surface area (Å²) < 4.78 is 41.5. The predicted molar refractivity (Wildman–Crippen MR) is 173 cm³/mol. The van der Waals surface area contributed by atoms with Gasteiger partial charge in [-0.2, -0.15) is 0 Å². The lowest BCUT2D eigenvalue weighted by molar-refractivity contribution is -0.0599. The molecule has 2 aliphatic heterocycles. The molecule has 0 unspecified atom stereocenters. The van der Waals surface area contributed by atoms with Crippen molar-refractivity contribution >= 4 is 34.6 Å². The van der Waals surface area contributed by atoms with Crippen LogP contribution in [0.1, 0.15) is 72.7 Å². The second-order valence-electron chi connectivity index (χ2n) is 12.8. The summed E-state index contributed by atoms with van der Waals surface area (Å²) >= 11 is 5.56. The first-order chi connectivity index (χ1) is 20.1. The Bertz CT molecular complexity index is 1390. The van der Waals surface area contributed by atoms with Crippen LogP contribution >= 0.6 is 12.2 Å². The highest BCUT2D eigenvalue weighted by atomic mass is 32.1. The van der Waals surface area contributed by atoms with Crippen molar-refractivity contribution in [1.82, 2.24) is 9.55 Å². The number of thiocarbonyl (C=S) groups is 1. The van der Waals surface area contributed by atoms with Crippen LogP contribution in [-0.2, 0) is 22.4 Å². The van der Waals surface area contributed by atoms with Gasteiger partial charge in [0.05, 0.1) is 6.61 Å². The molecule has 2 aliphatic rings. The number of nitrogens with one attached hydrogen (secondary N) is 1. The van der Waals surface area contributed by atoms with E-state index in [4.69, 9.17) is 39.4 Å². The molecule has 2 saturated heterocycles. The molecule has 2 aromatic rings. The van der Waals surface area contributed by atoms with Crippen LogP contribution in [0.25, 0.3) is 0 Å². The molecule has 43 heavy (non-hydrogen) atoms. The van der Waals surface area contributed by atoms with Gasteiger partial charge in [0.2, 0.25) is 0 Å². The molecule has 3 heterocycles. The van der Waals surface area contributed by atoms with Crippen LogP contribution in [-0.4, -0.2) is 56.8 Å². The Morgan fingerprint density at radius 2 is 1.53 bits per heavy atom. The number of hydrogen-bond acceptors (Lipinski definition) is 9. The van der Waals surface area contributed by atoms with Crippen molar-refractivity contribution in [2.45, 2.75) is 116 Å². The number of aryl methyl sites for hydroxylation is 2. The van der Waals surface area contributed by atoms with Gasteiger partial charge in [-0.25, -0.2) is 4.79 Å². The van der Waals surface area contributed by atoms with Gasteiger partial charge in [0.1, 0.15) is 18.0 Å². The third-order valence-corrected chi connectivity index (χ3v) is 18.9. The quantitative estimate of drug-likeness (QED) is 0.296. The Hall–Kier alpha value is -2.14. The number of rotatable bonds is 7. The molecule has 0 amide bonds. The van der Waals surface area contributed by atoms with Gasteiger partial charge >= 0.3 is 28.0 Å². The molecular formula is C30H46N2O8SSi2. The monoisotopic (exact) mass is 650 g/mol. The number of H-pyrrole nitrogens is 1. The standard InChI is InChI=1S/C30H46N2O8SSi2/c1-17(2)42(18(3)4)35-16-24-25(39-43(40-42,19(5)6)20(7)8)26(38-30(41)36-23-13-11-21(9)12-14-23)28(37-24)32-15-22(10)27(33)31-29(32)34/h11-15,17-20,24-26,28H,16H2,1-10H3,(H,31,33,34)/t24-,25-,26+,28+/m0/s1. The van der Waals surface area contributed by atoms with E-state index in [1.807, 2.05) is 19.1 Å². The number of aromatic amines is 1. The van der Waals surface area contributed by atoms with E-state index >= 15 is 0 Å². The number of nitrogens with zero attached hydrogens (tertiary/aromatic N) is 1. The fourth-order valence-corrected chi connectivity index (χ4v) is 17.5. The summed E-state index contributed by atoms with van der Waals surface area (Å²) in [6.07, 6.45) is -1.73. The van der Waals surface area contributed by atoms with Crippen LogP contribution in [0.3, 0.4) is 0 Å². The highest BCUT2D eigenvalue weighted by Crippen LogP contribution is 2.48. The van der Waals surface area contributed by atoms with Crippen molar-refractivity contribution < 1.29 is 27.2 Å². The maximum absolute atomic E-state index is 13.1. The lowest BCUT2D eigenvalue weighted by Gasteiger charge is -2.51. The number of hydrogen-bond donors (Lipinski definition) is 1. The van der Waals surface area contributed by atoms with Crippen molar-refractivity contribution in [2.75, 3.05) is 6.61 Å². The maximum Gasteiger partial charge on any atom is 0.358 e. The zero-order chi connectivity index (χ0) is 31.9. The van der Waals surface area contributed by atoms with Gasteiger partial charge in [0, 0.05) is 24.0 Å². The number of fused-ring (bicyclic) bond motifs is 1. The molecule has 1 aromatic carbocycles. The van der Waals surface area contributed by atoms with Crippen LogP contribution in [0.5, 0.6) is 5.75 Å². The van der Waals surface area contributed by atoms with Gasteiger partial charge in [-0.15, -0.1) is 0 Å². The maximum atomic E-state index is 13.1. The van der Waals surface area contributed by atoms with E-state index in [0.717, 1.165) is 5.56 Å². The Labute approximate surface area is 261 Å². The zero-order valence-electron chi connectivity index (χ0n) is 26.8. The Morgan fingerprint density at radius 1 is 0.953 bits per heavy atom. The van der Waals surface area contributed by atoms with Crippen molar-refractivity contribution in [3.63, 3.8) is 0 Å². The summed E-state index contributed by atoms with van der Waals surface area (Å²) in [6.45, 7) is 20.9. The minimum absolute atomic E-state index is 0.0627. The van der Waals surface area contributed by atoms with Crippen LogP contribution in [0.2, 0.25) is 22.2 Å². The second-order valence-corrected chi connectivity index (χ2v) is 22.0. The highest BCUT2D eigenvalue weighted by molar-refractivity contribution is 7.79. The first kappa shape index (κ1) is 33.8. The lowest BCUT2D eigenvalue weighted by Crippen LogP contribution is -2.66. The van der Waals surface area contributed by atoms with Gasteiger partial charge in [0.15, 0.2) is 12.3 Å². The molecule has 0 bridgehead atoms. The minimum Gasteiger partial charge on any atom is -0.446 e. The van der Waals surface area contributed by atoms with Crippen molar-refractivity contribution in [3.8, 4) is 5.75 Å². The lowest BCUT2D eigenvalue weighted by atomic mass is 10.1. The zero-order valence-corrected chi connectivity index (χ0v) is 29.7. The van der Waals surface area contributed by atoms with Crippen LogP contribution in [0.15, 0.2) is 40.1 Å². The van der Waals surface area contributed by atoms with Crippen molar-refractivity contribution in [3.05, 3.63) is 62.4 Å². The molecule has 1 N–H and O–H groups in total. The fraction of sp³-hybridized carbons (Fsp3) is 0.633. The van der Waals surface area contributed by atoms with E-state index in [1.54, 1.807) is 19.1 Å². The van der Waals surface area contributed by atoms with E-state index < -0.39 is 52.9 Å². The molecule has 4 rings (SSSR count). The second kappa shape index (κ2) is 13.1. The first-order valence-corrected chi connectivity index (χ1v) is 19.4. The van der Waals surface area contributed by atoms with E-state index in [-0.39, 0.29) is 34.0 Å². The highest BCUT2D eigenvalue weighted by Gasteiger charge is 2.62. The average molecular weight is 651 g/mol. The molecule has 13 heteroatoms. The first-order valence-electron chi connectivity index (χ1n) is 15.1. The molecule has 4 atom stereocenters. The summed E-state index contributed by atoms with van der Waals surface area (Å²) in [7, 11) is -5.89. The van der Waals surface area contributed by atoms with Gasteiger partial charge < -0.3 is 27.2 Å². The molecule has 2 fully saturated rings. The summed E-state index contributed by atoms with van der Waals surface area (Å²) in [4.78, 5) is 27.7. The van der Waals surface area contributed by atoms with Gasteiger partial charge in [-0.3, -0.25) is 14.3 Å². The van der Waals surface area contributed by atoms with E-state index in [0.29, 0.717) is 11.3 Å². The largest absolute Gasteiger partial charge is 0.446 e. The van der Waals surface area contributed by atoms with Crippen molar-refractivity contribution in [1.29, 1.82) is 0 Å². The Morgan fingerprint density at radius 3 is 2.09 bits per heavy atom. The summed E-state index contributed by atoms with van der Waals surface area (Å²) in [5.74, 6) is 0.516. The number of ether oxygens (including phenoxy) is 3. The Balaban J connectivity index is 1.82. The molecule has 10 nitrogen and oxygen atoms in total. The van der Waals surface area contributed by atoms with Crippen molar-refractivity contribution in [2.24, 2.45) is 0 Å². The summed E-state index contributed by atoms with van der Waals surface area (Å²) in [5.41, 5.74) is 0.764. The smallest absolute Gasteiger partial charge is 0.358 e. The number of benzene rings is 1. The topological polar surface area (TPSA) is 110 Å². The molecule has 238 valence electrons. The normalized spacial score (nSPS) is 25.1. The molecule has 1 aromatic heterocycles. The van der Waals surface area contributed by atoms with E-state index in [9.17, 15) is 9.59 Å². The minimum atomic E-state index is -3.06. The van der Waals surface area contributed by atoms with Gasteiger partial charge in [-0.05, 0) is 48.1 Å². The van der Waals surface area contributed by atoms with Gasteiger partial charge in [0.25, 0.3) is 5.56 Å². The predicted octanol–water partition coefficient (Wildman–Crippen LogP) is 5.76. The third-order valence-electron chi connectivity index (χ3n) is 8.49. The number of aromatic nitrogens is 2. The molecule has 0 saturated carbocycles. The van der Waals surface area contributed by atoms with E-state index in [1.165, 1.54) is 10.8 Å². The van der Waals surface area contributed by atoms with Crippen LogP contribution < -0.4 is 16.0 Å². The van der Waals surface area contributed by atoms with Gasteiger partial charge in [-0.1, -0.05) is 73.1 Å². The summed E-state index contributed by atoms with van der Waals surface area (Å²) in [5, 5.41) is -0.140. The molecule has 0 radical (unpaired) electrons. The third kappa shape index (κ3) is 6.63. The van der Waals surface area contributed by atoms with Crippen LogP contribution in [0.4, 0.5) is 0 Å². The van der Waals surface area contributed by atoms with Crippen LogP contribution in [0, 0.1) is 13.8 Å². The molecule has 0 spiro atoms. The fourth-order valence-electron chi connectivity index (χ4n) is 6.08. The Kier molecular flexibility index (Phi) is 10.3. The SMILES string of the molecule is Cc1ccc(OC(=S)O[C@@H]2[C@H]3O[Si](C(C)C)(C(C)C)O[Si](C(C)C)(C(C)C)OC[C@@H]3O[C@H]2n2cc(C)c(=O)[nH]c2=O)cc1. The summed E-state index contributed by atoms with van der Waals surface area (Å²) in [6, 6.07) is 7.43. The van der Waals surface area contributed by atoms with E-state index in [2.05, 4.69) is 60.4 Å².